The molecule has 0 aliphatic heterocycles. The zero-order valence-corrected chi connectivity index (χ0v) is 11.4. The Morgan fingerprint density at radius 2 is 2.18 bits per heavy atom. The summed E-state index contributed by atoms with van der Waals surface area (Å²) in [7, 11) is 1.59. The van der Waals surface area contributed by atoms with Crippen LogP contribution < -0.4 is 15.4 Å². The Morgan fingerprint density at radius 1 is 1.47 bits per heavy atom. The van der Waals surface area contributed by atoms with E-state index in [0.29, 0.717) is 16.3 Å². The third-order valence-corrected chi connectivity index (χ3v) is 3.79. The molecule has 0 saturated heterocycles. The number of nitrogens with two attached hydrogens (primary N) is 1. The lowest BCUT2D eigenvalue weighted by atomic mass is 10.3. The molecule has 17 heavy (non-hydrogen) atoms. The van der Waals surface area contributed by atoms with Crippen LogP contribution in [-0.4, -0.2) is 20.2 Å². The number of thiophene rings is 1. The molecule has 1 aromatic rings. The van der Waals surface area contributed by atoms with Gasteiger partial charge in [-0.3, -0.25) is 0 Å². The highest BCUT2D eigenvalue weighted by molar-refractivity contribution is 7.17. The highest BCUT2D eigenvalue weighted by atomic mass is 32.1. The summed E-state index contributed by atoms with van der Waals surface area (Å²) in [6.07, 6.45) is 2.27. The summed E-state index contributed by atoms with van der Waals surface area (Å²) in [5, 5.41) is 9.96. The minimum absolute atomic E-state index is 0.463. The van der Waals surface area contributed by atoms with Crippen LogP contribution in [0.15, 0.2) is 0 Å². The van der Waals surface area contributed by atoms with E-state index in [-0.39, 0.29) is 0 Å². The van der Waals surface area contributed by atoms with Crippen molar-refractivity contribution < 1.29 is 4.74 Å². The Kier molecular flexibility index (Phi) is 5.11. The maximum Gasteiger partial charge on any atom is 0.177 e. The number of hydrogen-bond donors (Lipinski definition) is 1. The van der Waals surface area contributed by atoms with Gasteiger partial charge in [0.2, 0.25) is 0 Å². The number of hydrogen-bond acceptors (Lipinski definition) is 5. The van der Waals surface area contributed by atoms with E-state index in [0.717, 1.165) is 30.9 Å². The van der Waals surface area contributed by atoms with Crippen molar-refractivity contribution in [2.45, 2.75) is 26.7 Å². The van der Waals surface area contributed by atoms with E-state index in [1.807, 2.05) is 0 Å². The number of nitriles is 1. The standard InChI is InChI=1S/C12H19N3OS/c1-4-6-7-15(5-2)12-11(16-3)10(14)9(8-13)17-12/h4-7,14H2,1-3H3. The van der Waals surface area contributed by atoms with Gasteiger partial charge in [0.1, 0.15) is 21.6 Å². The van der Waals surface area contributed by atoms with E-state index in [4.69, 9.17) is 15.7 Å². The number of unbranched alkanes of at least 4 members (excludes halogenated alkanes) is 1. The quantitative estimate of drug-likeness (QED) is 0.846. The van der Waals surface area contributed by atoms with Crippen LogP contribution in [0.4, 0.5) is 10.7 Å². The fraction of sp³-hybridized carbons (Fsp3) is 0.583. The molecule has 0 spiro atoms. The van der Waals surface area contributed by atoms with Gasteiger partial charge in [0.25, 0.3) is 0 Å². The minimum atomic E-state index is 0.463. The van der Waals surface area contributed by atoms with Gasteiger partial charge >= 0.3 is 0 Å². The second kappa shape index (κ2) is 6.36. The first-order chi connectivity index (χ1) is 8.19. The van der Waals surface area contributed by atoms with Gasteiger partial charge in [-0.15, -0.1) is 11.3 Å². The Labute approximate surface area is 107 Å². The lowest BCUT2D eigenvalue weighted by molar-refractivity contribution is 0.418. The van der Waals surface area contributed by atoms with Crippen molar-refractivity contribution in [3.63, 3.8) is 0 Å². The van der Waals surface area contributed by atoms with Crippen molar-refractivity contribution >= 4 is 22.0 Å². The molecule has 1 rings (SSSR count). The van der Waals surface area contributed by atoms with Crippen molar-refractivity contribution in [2.75, 3.05) is 30.8 Å². The summed E-state index contributed by atoms with van der Waals surface area (Å²) in [6, 6.07) is 2.11. The van der Waals surface area contributed by atoms with Gasteiger partial charge in [0.15, 0.2) is 5.75 Å². The van der Waals surface area contributed by atoms with Crippen molar-refractivity contribution in [3.05, 3.63) is 4.88 Å². The second-order valence-electron chi connectivity index (χ2n) is 3.73. The molecule has 0 aliphatic rings. The average Bonchev–Trinajstić information content (AvgIpc) is 2.67. The lowest BCUT2D eigenvalue weighted by Crippen LogP contribution is -2.23. The number of methoxy groups -OCH3 is 1. The normalized spacial score (nSPS) is 10.0. The summed E-state index contributed by atoms with van der Waals surface area (Å²) in [5.41, 5.74) is 6.35. The topological polar surface area (TPSA) is 62.3 Å². The van der Waals surface area contributed by atoms with E-state index < -0.39 is 0 Å². The molecular weight excluding hydrogens is 234 g/mol. The monoisotopic (exact) mass is 253 g/mol. The van der Waals surface area contributed by atoms with E-state index in [1.165, 1.54) is 11.3 Å². The number of anilines is 2. The van der Waals surface area contributed by atoms with Gasteiger partial charge in [0, 0.05) is 13.1 Å². The predicted octanol–water partition coefficient (Wildman–Crippen LogP) is 2.84. The highest BCUT2D eigenvalue weighted by Gasteiger charge is 2.20. The fourth-order valence-electron chi connectivity index (χ4n) is 1.66. The lowest BCUT2D eigenvalue weighted by Gasteiger charge is -2.21. The van der Waals surface area contributed by atoms with Crippen LogP contribution in [-0.2, 0) is 0 Å². The molecule has 0 atom stereocenters. The van der Waals surface area contributed by atoms with Crippen LogP contribution in [0.1, 0.15) is 31.6 Å². The molecule has 5 heteroatoms. The molecular formula is C12H19N3OS. The highest BCUT2D eigenvalue weighted by Crippen LogP contribution is 2.44. The van der Waals surface area contributed by atoms with E-state index in [9.17, 15) is 0 Å². The average molecular weight is 253 g/mol. The van der Waals surface area contributed by atoms with Crippen LogP contribution in [0.3, 0.4) is 0 Å². The first-order valence-corrected chi connectivity index (χ1v) is 6.62. The van der Waals surface area contributed by atoms with Crippen molar-refractivity contribution in [3.8, 4) is 11.8 Å². The molecule has 94 valence electrons. The Morgan fingerprint density at radius 3 is 2.65 bits per heavy atom. The van der Waals surface area contributed by atoms with Gasteiger partial charge in [0.05, 0.1) is 7.11 Å². The van der Waals surface area contributed by atoms with Crippen LogP contribution in [0.25, 0.3) is 0 Å². The van der Waals surface area contributed by atoms with E-state index >= 15 is 0 Å². The fourth-order valence-corrected chi connectivity index (χ4v) is 2.73. The van der Waals surface area contributed by atoms with Gasteiger partial charge in [-0.1, -0.05) is 13.3 Å². The van der Waals surface area contributed by atoms with Gasteiger partial charge in [-0.25, -0.2) is 0 Å². The maximum atomic E-state index is 8.99. The summed E-state index contributed by atoms with van der Waals surface area (Å²) < 4.78 is 5.31. The van der Waals surface area contributed by atoms with Crippen molar-refractivity contribution in [1.29, 1.82) is 5.26 Å². The smallest absolute Gasteiger partial charge is 0.177 e. The van der Waals surface area contributed by atoms with Crippen LogP contribution in [0.2, 0.25) is 0 Å². The molecule has 0 fully saturated rings. The molecule has 0 aromatic carbocycles. The van der Waals surface area contributed by atoms with Gasteiger partial charge < -0.3 is 15.4 Å². The SMILES string of the molecule is CCCCN(CC)c1sc(C#N)c(N)c1OC. The number of nitrogen functional groups attached to an aromatic ring is 1. The van der Waals surface area contributed by atoms with E-state index in [1.54, 1.807) is 7.11 Å². The molecule has 1 aromatic heterocycles. The zero-order chi connectivity index (χ0) is 12.8. The summed E-state index contributed by atoms with van der Waals surface area (Å²) >= 11 is 1.41. The largest absolute Gasteiger partial charge is 0.492 e. The number of rotatable bonds is 6. The molecule has 2 N–H and O–H groups in total. The van der Waals surface area contributed by atoms with Gasteiger partial charge in [-0.05, 0) is 13.3 Å². The third kappa shape index (κ3) is 2.83. The van der Waals surface area contributed by atoms with Crippen molar-refractivity contribution in [2.24, 2.45) is 0 Å². The summed E-state index contributed by atoms with van der Waals surface area (Å²) in [5.74, 6) is 0.643. The molecule has 0 radical (unpaired) electrons. The molecule has 0 aliphatic carbocycles. The van der Waals surface area contributed by atoms with Crippen LogP contribution in [0, 0.1) is 11.3 Å². The predicted molar refractivity (Wildman–Crippen MR) is 72.8 cm³/mol. The summed E-state index contributed by atoms with van der Waals surface area (Å²) in [4.78, 5) is 2.75. The zero-order valence-electron chi connectivity index (χ0n) is 10.6. The van der Waals surface area contributed by atoms with Crippen molar-refractivity contribution in [1.82, 2.24) is 0 Å². The van der Waals surface area contributed by atoms with E-state index in [2.05, 4.69) is 24.8 Å². The molecule has 4 nitrogen and oxygen atoms in total. The Balaban J connectivity index is 3.06. The molecule has 0 saturated carbocycles. The molecule has 0 amide bonds. The number of ether oxygens (including phenoxy) is 1. The number of nitrogens with zero attached hydrogens (tertiary/aromatic N) is 2. The second-order valence-corrected chi connectivity index (χ2v) is 4.73. The maximum absolute atomic E-state index is 8.99. The third-order valence-electron chi connectivity index (χ3n) is 2.64. The minimum Gasteiger partial charge on any atom is -0.492 e. The van der Waals surface area contributed by atoms with Crippen LogP contribution >= 0.6 is 11.3 Å². The first-order valence-electron chi connectivity index (χ1n) is 5.80. The summed E-state index contributed by atoms with van der Waals surface area (Å²) in [6.45, 7) is 6.11. The molecule has 0 unspecified atom stereocenters. The van der Waals surface area contributed by atoms with Gasteiger partial charge in [-0.2, -0.15) is 5.26 Å². The Hall–Kier alpha value is -1.41. The Bertz CT molecular complexity index is 409. The van der Waals surface area contributed by atoms with Crippen LogP contribution in [0.5, 0.6) is 5.75 Å². The molecule has 0 bridgehead atoms. The molecule has 1 heterocycles. The first kappa shape index (κ1) is 13.7.